The number of carbonyl (C=O) groups is 5. The fourth-order valence-corrected chi connectivity index (χ4v) is 2.69. The number of unbranched alkanes of at least 4 members (excludes halogenated alkanes) is 2. The Hall–Kier alpha value is -2.51. The number of imide groups is 1. The van der Waals surface area contributed by atoms with E-state index >= 15 is 0 Å². The van der Waals surface area contributed by atoms with Crippen molar-refractivity contribution in [3.8, 4) is 0 Å². The maximum absolute atomic E-state index is 12.4. The molecule has 0 aromatic heterocycles. The first-order valence-electron chi connectivity index (χ1n) is 9.15. The van der Waals surface area contributed by atoms with E-state index in [2.05, 4.69) is 5.32 Å². The van der Waals surface area contributed by atoms with Gasteiger partial charge in [0, 0.05) is 20.0 Å². The predicted molar refractivity (Wildman–Crippen MR) is 102 cm³/mol. The van der Waals surface area contributed by atoms with Crippen LogP contribution in [0.15, 0.2) is 12.2 Å². The number of nitrogens with one attached hydrogen (secondary N) is 1. The fourth-order valence-electron chi connectivity index (χ4n) is 2.69. The number of hydrogen-bond donors (Lipinski definition) is 1. The van der Waals surface area contributed by atoms with Crippen LogP contribution in [0.3, 0.4) is 0 Å². The van der Waals surface area contributed by atoms with E-state index in [-0.39, 0.29) is 36.6 Å². The Bertz CT molecular complexity index is 545. The summed E-state index contributed by atoms with van der Waals surface area (Å²) >= 11 is 0. The molecule has 0 rings (SSSR count). The summed E-state index contributed by atoms with van der Waals surface area (Å²) in [5, 5.41) is 2.49. The number of carbonyl (C=O) groups excluding carboxylic acids is 5. The zero-order chi connectivity index (χ0) is 20.8. The van der Waals surface area contributed by atoms with Crippen molar-refractivity contribution in [2.75, 3.05) is 20.1 Å². The van der Waals surface area contributed by atoms with Crippen LogP contribution in [0.4, 0.5) is 0 Å². The maximum Gasteiger partial charge on any atom is 0.252 e. The molecular formula is C19H31N3O5. The van der Waals surface area contributed by atoms with E-state index in [4.69, 9.17) is 0 Å². The van der Waals surface area contributed by atoms with Crippen LogP contribution in [-0.2, 0) is 24.0 Å². The molecule has 0 aliphatic rings. The standard InChI is InChI=1S/C19H31N3O5/c1-5-9-17(26)22(14-24)12-8-6-7-10-16(25)21(4)18(15(2)3)19(27)20-11-13-23/h5,9,13-15,18H,6-8,10-12H2,1-4H3,(H,20,27)/b9-5-. The second-order valence-corrected chi connectivity index (χ2v) is 6.55. The van der Waals surface area contributed by atoms with Crippen molar-refractivity contribution in [1.29, 1.82) is 0 Å². The number of nitrogens with zero attached hydrogens (tertiary/aromatic N) is 2. The highest BCUT2D eigenvalue weighted by atomic mass is 16.2. The molecule has 0 spiro atoms. The third-order valence-electron chi connectivity index (χ3n) is 4.08. The summed E-state index contributed by atoms with van der Waals surface area (Å²) in [4.78, 5) is 59.9. The van der Waals surface area contributed by atoms with Gasteiger partial charge in [0.25, 0.3) is 5.91 Å². The van der Waals surface area contributed by atoms with Gasteiger partial charge >= 0.3 is 0 Å². The maximum atomic E-state index is 12.4. The van der Waals surface area contributed by atoms with E-state index in [1.54, 1.807) is 20.0 Å². The average Bonchev–Trinajstić information content (AvgIpc) is 2.62. The molecule has 0 saturated carbocycles. The third-order valence-corrected chi connectivity index (χ3v) is 4.08. The quantitative estimate of drug-likeness (QED) is 0.290. The van der Waals surface area contributed by atoms with Gasteiger partial charge in [-0.25, -0.2) is 0 Å². The summed E-state index contributed by atoms with van der Waals surface area (Å²) in [5.41, 5.74) is 0. The van der Waals surface area contributed by atoms with E-state index in [0.717, 1.165) is 4.90 Å². The normalized spacial score (nSPS) is 11.9. The molecule has 152 valence electrons. The van der Waals surface area contributed by atoms with Crippen LogP contribution in [0.5, 0.6) is 0 Å². The van der Waals surface area contributed by atoms with Gasteiger partial charge in [-0.2, -0.15) is 0 Å². The lowest BCUT2D eigenvalue weighted by Gasteiger charge is -2.30. The molecule has 1 unspecified atom stereocenters. The highest BCUT2D eigenvalue weighted by molar-refractivity contribution is 5.94. The predicted octanol–water partition coefficient (Wildman–Crippen LogP) is 0.906. The second-order valence-electron chi connectivity index (χ2n) is 6.55. The molecule has 0 aromatic rings. The molecule has 1 atom stereocenters. The van der Waals surface area contributed by atoms with Gasteiger partial charge in [-0.1, -0.05) is 26.3 Å². The molecule has 0 aliphatic heterocycles. The van der Waals surface area contributed by atoms with Crippen LogP contribution in [0.25, 0.3) is 0 Å². The van der Waals surface area contributed by atoms with Crippen molar-refractivity contribution in [1.82, 2.24) is 15.1 Å². The van der Waals surface area contributed by atoms with Crippen LogP contribution >= 0.6 is 0 Å². The highest BCUT2D eigenvalue weighted by Gasteiger charge is 2.29. The number of rotatable bonds is 13. The number of aldehydes is 1. The minimum atomic E-state index is -0.638. The van der Waals surface area contributed by atoms with Crippen LogP contribution in [0.1, 0.15) is 46.5 Å². The van der Waals surface area contributed by atoms with Crippen LogP contribution < -0.4 is 5.32 Å². The lowest BCUT2D eigenvalue weighted by Crippen LogP contribution is -2.50. The summed E-state index contributed by atoms with van der Waals surface area (Å²) in [6.45, 7) is 5.60. The zero-order valence-electron chi connectivity index (χ0n) is 16.6. The van der Waals surface area contributed by atoms with E-state index in [0.29, 0.717) is 38.5 Å². The molecule has 1 N–H and O–H groups in total. The van der Waals surface area contributed by atoms with Crippen LogP contribution in [0.2, 0.25) is 0 Å². The zero-order valence-corrected chi connectivity index (χ0v) is 16.6. The second kappa shape index (κ2) is 13.7. The molecule has 0 fully saturated rings. The molecule has 4 amide bonds. The van der Waals surface area contributed by atoms with Crippen molar-refractivity contribution >= 4 is 30.4 Å². The Morgan fingerprint density at radius 3 is 2.26 bits per heavy atom. The van der Waals surface area contributed by atoms with Gasteiger partial charge in [-0.15, -0.1) is 0 Å². The minimum Gasteiger partial charge on any atom is -0.348 e. The van der Waals surface area contributed by atoms with Gasteiger partial charge in [0.05, 0.1) is 6.54 Å². The van der Waals surface area contributed by atoms with Crippen molar-refractivity contribution in [2.24, 2.45) is 5.92 Å². The smallest absolute Gasteiger partial charge is 0.252 e. The Labute approximate surface area is 160 Å². The number of hydrogen-bond acceptors (Lipinski definition) is 5. The van der Waals surface area contributed by atoms with E-state index in [1.807, 2.05) is 13.8 Å². The molecule has 0 saturated heterocycles. The first-order valence-corrected chi connectivity index (χ1v) is 9.15. The largest absolute Gasteiger partial charge is 0.348 e. The summed E-state index contributed by atoms with van der Waals surface area (Å²) in [7, 11) is 1.58. The molecule has 0 radical (unpaired) electrons. The van der Waals surface area contributed by atoms with Gasteiger partial charge in [0.15, 0.2) is 0 Å². The first kappa shape index (κ1) is 24.5. The van der Waals surface area contributed by atoms with Gasteiger partial charge in [0.2, 0.25) is 18.2 Å². The molecule has 0 heterocycles. The molecule has 0 bridgehead atoms. The number of likely N-dealkylation sites (N-methyl/N-ethyl adjacent to an activating group) is 1. The monoisotopic (exact) mass is 381 g/mol. The number of allylic oxidation sites excluding steroid dienone is 1. The Kier molecular flexibility index (Phi) is 12.4. The van der Waals surface area contributed by atoms with Gasteiger partial charge in [-0.05, 0) is 31.8 Å². The third kappa shape index (κ3) is 9.12. The Morgan fingerprint density at radius 1 is 1.07 bits per heavy atom. The SMILES string of the molecule is C/C=C\C(=O)N(C=O)CCCCCC(=O)N(C)C(C(=O)NCC=O)C(C)C. The number of amides is 4. The molecule has 0 aromatic carbocycles. The molecular weight excluding hydrogens is 350 g/mol. The minimum absolute atomic E-state index is 0.0801. The molecule has 0 aliphatic carbocycles. The topological polar surface area (TPSA) is 104 Å². The van der Waals surface area contributed by atoms with Gasteiger partial charge in [-0.3, -0.25) is 24.1 Å². The van der Waals surface area contributed by atoms with E-state index < -0.39 is 6.04 Å². The van der Waals surface area contributed by atoms with Crippen LogP contribution in [-0.4, -0.2) is 66.4 Å². The molecule has 8 nitrogen and oxygen atoms in total. The average molecular weight is 381 g/mol. The molecule has 27 heavy (non-hydrogen) atoms. The Morgan fingerprint density at radius 2 is 1.74 bits per heavy atom. The highest BCUT2D eigenvalue weighted by Crippen LogP contribution is 2.13. The summed E-state index contributed by atoms with van der Waals surface area (Å²) in [6, 6.07) is -0.638. The van der Waals surface area contributed by atoms with Gasteiger partial charge in [0.1, 0.15) is 12.3 Å². The Balaban J connectivity index is 4.42. The van der Waals surface area contributed by atoms with Crippen molar-refractivity contribution < 1.29 is 24.0 Å². The van der Waals surface area contributed by atoms with Crippen molar-refractivity contribution in [2.45, 2.75) is 52.5 Å². The van der Waals surface area contributed by atoms with Crippen molar-refractivity contribution in [3.63, 3.8) is 0 Å². The van der Waals surface area contributed by atoms with Gasteiger partial charge < -0.3 is 15.0 Å². The summed E-state index contributed by atoms with van der Waals surface area (Å²) < 4.78 is 0. The molecule has 8 heteroatoms. The van der Waals surface area contributed by atoms with Crippen LogP contribution in [0, 0.1) is 5.92 Å². The van der Waals surface area contributed by atoms with Crippen molar-refractivity contribution in [3.05, 3.63) is 12.2 Å². The summed E-state index contributed by atoms with van der Waals surface area (Å²) in [5.74, 6) is -0.960. The van der Waals surface area contributed by atoms with E-state index in [9.17, 15) is 24.0 Å². The lowest BCUT2D eigenvalue weighted by atomic mass is 10.0. The van der Waals surface area contributed by atoms with E-state index in [1.165, 1.54) is 11.0 Å². The fraction of sp³-hybridized carbons (Fsp3) is 0.632. The lowest BCUT2D eigenvalue weighted by molar-refractivity contribution is -0.140. The summed E-state index contributed by atoms with van der Waals surface area (Å²) in [6.07, 6.45) is 6.15. The first-order chi connectivity index (χ1) is 12.8.